The number of aryl methyl sites for hydroxylation is 1. The maximum Gasteiger partial charge on any atom is 0.134 e. The summed E-state index contributed by atoms with van der Waals surface area (Å²) in [7, 11) is 0. The quantitative estimate of drug-likeness (QED) is 0.876. The predicted molar refractivity (Wildman–Crippen MR) is 57.0 cm³/mol. The van der Waals surface area contributed by atoms with Crippen molar-refractivity contribution in [1.82, 2.24) is 9.59 Å². The number of benzene rings is 1. The molecule has 2 rings (SSSR count). The zero-order valence-corrected chi connectivity index (χ0v) is 9.26. The highest BCUT2D eigenvalue weighted by atomic mass is 32.1. The van der Waals surface area contributed by atoms with Crippen molar-refractivity contribution in [2.24, 2.45) is 5.73 Å². The Labute approximate surface area is 95.1 Å². The van der Waals surface area contributed by atoms with Gasteiger partial charge in [-0.25, -0.2) is 8.78 Å². The van der Waals surface area contributed by atoms with Crippen LogP contribution in [0.2, 0.25) is 0 Å². The van der Waals surface area contributed by atoms with Crippen LogP contribution in [0, 0.1) is 18.6 Å². The molecule has 6 heteroatoms. The van der Waals surface area contributed by atoms with Crippen molar-refractivity contribution < 1.29 is 8.78 Å². The Hall–Kier alpha value is -1.40. The molecule has 0 aliphatic heterocycles. The van der Waals surface area contributed by atoms with Crippen LogP contribution in [0.25, 0.3) is 0 Å². The summed E-state index contributed by atoms with van der Waals surface area (Å²) in [6, 6.07) is 1.66. The van der Waals surface area contributed by atoms with E-state index in [1.165, 1.54) is 12.1 Å². The average molecular weight is 241 g/mol. The van der Waals surface area contributed by atoms with Crippen molar-refractivity contribution in [1.29, 1.82) is 0 Å². The highest BCUT2D eigenvalue weighted by Crippen LogP contribution is 2.25. The van der Waals surface area contributed by atoms with Gasteiger partial charge in [-0.3, -0.25) is 0 Å². The molecule has 0 bridgehead atoms. The van der Waals surface area contributed by atoms with E-state index >= 15 is 0 Å². The summed E-state index contributed by atoms with van der Waals surface area (Å²) in [4.78, 5) is 0. The van der Waals surface area contributed by atoms with Crippen LogP contribution in [0.15, 0.2) is 17.5 Å². The number of hydrogen-bond donors (Lipinski definition) is 1. The number of nitrogens with two attached hydrogens (primary N) is 1. The SMILES string of the molecule is Cc1ccc(F)c(C(N)c2csnn2)c1F. The largest absolute Gasteiger partial charge is 0.319 e. The molecule has 16 heavy (non-hydrogen) atoms. The van der Waals surface area contributed by atoms with Crippen molar-refractivity contribution >= 4 is 11.5 Å². The van der Waals surface area contributed by atoms with Crippen LogP contribution in [0.3, 0.4) is 0 Å². The summed E-state index contributed by atoms with van der Waals surface area (Å²) in [5, 5.41) is 5.29. The smallest absolute Gasteiger partial charge is 0.134 e. The maximum atomic E-state index is 13.7. The van der Waals surface area contributed by atoms with Crippen molar-refractivity contribution in [3.63, 3.8) is 0 Å². The van der Waals surface area contributed by atoms with Crippen molar-refractivity contribution in [2.45, 2.75) is 13.0 Å². The molecule has 2 N–H and O–H groups in total. The first-order valence-electron chi connectivity index (χ1n) is 4.58. The van der Waals surface area contributed by atoms with Gasteiger partial charge in [-0.1, -0.05) is 10.6 Å². The molecule has 1 unspecified atom stereocenters. The molecule has 1 heterocycles. The summed E-state index contributed by atoms with van der Waals surface area (Å²) in [6.45, 7) is 1.56. The van der Waals surface area contributed by atoms with Crippen molar-refractivity contribution in [2.75, 3.05) is 0 Å². The third-order valence-corrected chi connectivity index (χ3v) is 2.85. The Balaban J connectivity index is 2.52. The van der Waals surface area contributed by atoms with Crippen LogP contribution >= 0.6 is 11.5 Å². The highest BCUT2D eigenvalue weighted by Gasteiger charge is 2.21. The maximum absolute atomic E-state index is 13.7. The second kappa shape index (κ2) is 4.23. The normalized spacial score (nSPS) is 12.8. The number of aromatic nitrogens is 2. The second-order valence-electron chi connectivity index (χ2n) is 3.40. The molecule has 0 fully saturated rings. The Morgan fingerprint density at radius 1 is 1.38 bits per heavy atom. The summed E-state index contributed by atoms with van der Waals surface area (Å²) < 4.78 is 30.9. The summed E-state index contributed by atoms with van der Waals surface area (Å²) in [5.74, 6) is -1.29. The summed E-state index contributed by atoms with van der Waals surface area (Å²) in [5.41, 5.74) is 6.32. The molecule has 1 atom stereocenters. The Kier molecular flexibility index (Phi) is 2.93. The minimum atomic E-state index is -0.918. The number of nitrogens with zero attached hydrogens (tertiary/aromatic N) is 2. The van der Waals surface area contributed by atoms with Gasteiger partial charge < -0.3 is 5.73 Å². The highest BCUT2D eigenvalue weighted by molar-refractivity contribution is 7.03. The van der Waals surface area contributed by atoms with Crippen molar-refractivity contribution in [3.8, 4) is 0 Å². The minimum absolute atomic E-state index is 0.160. The van der Waals surface area contributed by atoms with Crippen LogP contribution in [0.4, 0.5) is 8.78 Å². The monoisotopic (exact) mass is 241 g/mol. The molecule has 0 aliphatic carbocycles. The van der Waals surface area contributed by atoms with Gasteiger partial charge in [0.15, 0.2) is 0 Å². The molecule has 84 valence electrons. The van der Waals surface area contributed by atoms with E-state index in [1.807, 2.05) is 0 Å². The standard InChI is InChI=1S/C10H9F2N3S/c1-5-2-3-6(11)8(9(5)12)10(13)7-4-16-15-14-7/h2-4,10H,13H2,1H3. The van der Waals surface area contributed by atoms with Gasteiger partial charge in [-0.2, -0.15) is 0 Å². The van der Waals surface area contributed by atoms with E-state index in [0.29, 0.717) is 11.3 Å². The van der Waals surface area contributed by atoms with Gasteiger partial charge >= 0.3 is 0 Å². The van der Waals surface area contributed by atoms with E-state index in [-0.39, 0.29) is 5.56 Å². The summed E-state index contributed by atoms with van der Waals surface area (Å²) in [6.07, 6.45) is 0. The predicted octanol–water partition coefficient (Wildman–Crippen LogP) is 2.17. The van der Waals surface area contributed by atoms with Gasteiger partial charge in [0.2, 0.25) is 0 Å². The second-order valence-corrected chi connectivity index (χ2v) is 4.01. The number of hydrogen-bond acceptors (Lipinski definition) is 4. The lowest BCUT2D eigenvalue weighted by molar-refractivity contribution is 0.535. The van der Waals surface area contributed by atoms with Crippen molar-refractivity contribution in [3.05, 3.63) is 46.0 Å². The van der Waals surface area contributed by atoms with E-state index in [4.69, 9.17) is 5.73 Å². The van der Waals surface area contributed by atoms with E-state index in [2.05, 4.69) is 9.59 Å². The Morgan fingerprint density at radius 3 is 2.75 bits per heavy atom. The lowest BCUT2D eigenvalue weighted by Gasteiger charge is -2.12. The molecular formula is C10H9F2N3S. The fourth-order valence-electron chi connectivity index (χ4n) is 1.42. The van der Waals surface area contributed by atoms with Crippen LogP contribution in [0.1, 0.15) is 22.9 Å². The lowest BCUT2D eigenvalue weighted by Crippen LogP contribution is -2.16. The van der Waals surface area contributed by atoms with E-state index in [1.54, 1.807) is 12.3 Å². The first-order valence-corrected chi connectivity index (χ1v) is 5.42. The van der Waals surface area contributed by atoms with Gasteiger partial charge in [-0.15, -0.1) is 5.10 Å². The van der Waals surface area contributed by atoms with Crippen LogP contribution < -0.4 is 5.73 Å². The lowest BCUT2D eigenvalue weighted by atomic mass is 10.0. The zero-order valence-electron chi connectivity index (χ0n) is 8.45. The zero-order chi connectivity index (χ0) is 11.7. The van der Waals surface area contributed by atoms with Gasteiger partial charge in [0.05, 0.1) is 11.7 Å². The molecule has 3 nitrogen and oxygen atoms in total. The third-order valence-electron chi connectivity index (χ3n) is 2.33. The Bertz CT molecular complexity index is 499. The first kappa shape index (κ1) is 11.1. The van der Waals surface area contributed by atoms with E-state index in [9.17, 15) is 8.78 Å². The average Bonchev–Trinajstić information content (AvgIpc) is 2.77. The summed E-state index contributed by atoms with van der Waals surface area (Å²) >= 11 is 1.09. The molecule has 0 aliphatic rings. The number of halogens is 2. The Morgan fingerprint density at radius 2 is 2.12 bits per heavy atom. The fraction of sp³-hybridized carbons (Fsp3) is 0.200. The molecule has 1 aromatic carbocycles. The molecule has 0 saturated heterocycles. The van der Waals surface area contributed by atoms with Gasteiger partial charge in [0, 0.05) is 10.9 Å². The van der Waals surface area contributed by atoms with E-state index in [0.717, 1.165) is 11.5 Å². The fourth-order valence-corrected chi connectivity index (χ4v) is 1.91. The first-order chi connectivity index (χ1) is 7.61. The number of rotatable bonds is 2. The molecular weight excluding hydrogens is 232 g/mol. The van der Waals surface area contributed by atoms with Crippen LogP contribution in [-0.4, -0.2) is 9.59 Å². The van der Waals surface area contributed by atoms with Crippen LogP contribution in [-0.2, 0) is 0 Å². The molecule has 0 radical (unpaired) electrons. The molecule has 1 aromatic heterocycles. The van der Waals surface area contributed by atoms with Gasteiger partial charge in [0.1, 0.15) is 11.6 Å². The molecule has 2 aromatic rings. The topological polar surface area (TPSA) is 51.8 Å². The molecule has 0 spiro atoms. The van der Waals surface area contributed by atoms with E-state index < -0.39 is 17.7 Å². The molecule has 0 saturated carbocycles. The minimum Gasteiger partial charge on any atom is -0.319 e. The molecule has 0 amide bonds. The van der Waals surface area contributed by atoms with Gasteiger partial charge in [0.25, 0.3) is 0 Å². The van der Waals surface area contributed by atoms with Gasteiger partial charge in [-0.05, 0) is 30.1 Å². The third kappa shape index (κ3) is 1.81. The van der Waals surface area contributed by atoms with Crippen LogP contribution in [0.5, 0.6) is 0 Å².